The van der Waals surface area contributed by atoms with Crippen molar-refractivity contribution in [2.75, 3.05) is 13.2 Å². The van der Waals surface area contributed by atoms with E-state index in [1.54, 1.807) is 6.07 Å². The lowest BCUT2D eigenvalue weighted by atomic mass is 9.35. The number of aliphatic hydroxyl groups excluding tert-OH is 1. The zero-order valence-corrected chi connectivity index (χ0v) is 21.9. The highest BCUT2D eigenvalue weighted by Gasteiger charge is 2.78. The third-order valence-corrected chi connectivity index (χ3v) is 12.1. The molecule has 1 aliphatic heterocycles. The first-order chi connectivity index (χ1) is 16.9. The van der Waals surface area contributed by atoms with Crippen LogP contribution in [0.5, 0.6) is 5.75 Å². The van der Waals surface area contributed by atoms with Crippen LogP contribution in [-0.2, 0) is 15.9 Å². The van der Waals surface area contributed by atoms with Gasteiger partial charge in [0.05, 0.1) is 30.5 Å². The van der Waals surface area contributed by atoms with Crippen molar-refractivity contribution in [3.63, 3.8) is 0 Å². The van der Waals surface area contributed by atoms with Gasteiger partial charge < -0.3 is 29.9 Å². The zero-order chi connectivity index (χ0) is 25.4. The van der Waals surface area contributed by atoms with Crippen molar-refractivity contribution in [3.05, 3.63) is 29.3 Å². The lowest BCUT2D eigenvalue weighted by Gasteiger charge is -2.73. The minimum absolute atomic E-state index is 0.0294. The maximum atomic E-state index is 13.2. The summed E-state index contributed by atoms with van der Waals surface area (Å²) in [6.45, 7) is 7.69. The van der Waals surface area contributed by atoms with Crippen LogP contribution in [0.25, 0.3) is 0 Å². The van der Waals surface area contributed by atoms with Gasteiger partial charge in [-0.3, -0.25) is 0 Å². The highest BCUT2D eigenvalue weighted by molar-refractivity contribution is 5.47. The fourth-order valence-electron chi connectivity index (χ4n) is 10.2. The number of ether oxygens (including phenoxy) is 2. The molecule has 5 aliphatic carbocycles. The summed E-state index contributed by atoms with van der Waals surface area (Å²) in [7, 11) is 0. The second kappa shape index (κ2) is 7.06. The van der Waals surface area contributed by atoms with Gasteiger partial charge in [0.25, 0.3) is 0 Å². The van der Waals surface area contributed by atoms with Gasteiger partial charge in [-0.2, -0.15) is 0 Å². The Morgan fingerprint density at radius 2 is 1.67 bits per heavy atom. The number of aliphatic hydroxyl groups is 3. The summed E-state index contributed by atoms with van der Waals surface area (Å²) < 4.78 is 12.8. The zero-order valence-electron chi connectivity index (χ0n) is 21.9. The summed E-state index contributed by atoms with van der Waals surface area (Å²) in [6, 6.07) is 5.55. The summed E-state index contributed by atoms with van der Waals surface area (Å²) in [5, 5.41) is 47.4. The van der Waals surface area contributed by atoms with E-state index < -0.39 is 22.4 Å². The van der Waals surface area contributed by atoms with Crippen molar-refractivity contribution in [3.8, 4) is 5.75 Å². The van der Waals surface area contributed by atoms with Crippen molar-refractivity contribution < 1.29 is 29.9 Å². The normalized spacial score (nSPS) is 50.1. The Morgan fingerprint density at radius 1 is 0.917 bits per heavy atom. The Labute approximate surface area is 214 Å². The SMILES string of the molecule is CC1(C)COC2(CC[C@@]34Cc5cc(O)ccc5C5C[C@]6(C)[C@@H](O)CC[C@H]6[C@H](CC[C@@]3(O)C2)[C@]54O)OC1. The summed E-state index contributed by atoms with van der Waals surface area (Å²) in [6.07, 6.45) is 5.57. The summed E-state index contributed by atoms with van der Waals surface area (Å²) in [4.78, 5) is 0. The van der Waals surface area contributed by atoms with E-state index >= 15 is 0 Å². The van der Waals surface area contributed by atoms with Crippen LogP contribution in [0.3, 0.4) is 0 Å². The molecule has 0 aromatic heterocycles. The summed E-state index contributed by atoms with van der Waals surface area (Å²) >= 11 is 0. The largest absolute Gasteiger partial charge is 0.508 e. The maximum Gasteiger partial charge on any atom is 0.171 e. The molecule has 0 radical (unpaired) electrons. The van der Waals surface area contributed by atoms with Crippen LogP contribution in [0.2, 0.25) is 0 Å². The molecule has 1 aromatic rings. The van der Waals surface area contributed by atoms with Crippen LogP contribution in [-0.4, -0.2) is 56.7 Å². The smallest absolute Gasteiger partial charge is 0.171 e. The number of hydrogen-bond acceptors (Lipinski definition) is 6. The minimum Gasteiger partial charge on any atom is -0.508 e. The molecule has 4 saturated carbocycles. The van der Waals surface area contributed by atoms with Crippen LogP contribution in [0.15, 0.2) is 18.2 Å². The van der Waals surface area contributed by atoms with Gasteiger partial charge in [-0.1, -0.05) is 26.8 Å². The lowest BCUT2D eigenvalue weighted by molar-refractivity contribution is -0.378. The molecule has 4 N–H and O–H groups in total. The Bertz CT molecular complexity index is 1090. The predicted octanol–water partition coefficient (Wildman–Crippen LogP) is 4.02. The fraction of sp³-hybridized carbons (Fsp3) is 0.800. The second-order valence-electron chi connectivity index (χ2n) is 14.4. The fourth-order valence-corrected chi connectivity index (χ4v) is 10.2. The van der Waals surface area contributed by atoms with Crippen molar-refractivity contribution in [1.82, 2.24) is 0 Å². The molecule has 5 fully saturated rings. The third-order valence-electron chi connectivity index (χ3n) is 12.1. The monoisotopic (exact) mass is 498 g/mol. The first kappa shape index (κ1) is 23.9. The second-order valence-corrected chi connectivity index (χ2v) is 14.4. The molecule has 198 valence electrons. The molecular weight excluding hydrogens is 456 g/mol. The van der Waals surface area contributed by atoms with Gasteiger partial charge in [0.2, 0.25) is 0 Å². The summed E-state index contributed by atoms with van der Waals surface area (Å²) in [5.41, 5.74) is -1.14. The molecule has 1 heterocycles. The van der Waals surface area contributed by atoms with Gasteiger partial charge in [-0.25, -0.2) is 0 Å². The Hall–Kier alpha value is -1.18. The number of rotatable bonds is 0. The van der Waals surface area contributed by atoms with Crippen molar-refractivity contribution >= 4 is 0 Å². The van der Waals surface area contributed by atoms with E-state index in [0.717, 1.165) is 30.4 Å². The topological polar surface area (TPSA) is 99.4 Å². The number of aromatic hydroxyl groups is 1. The number of hydrogen-bond donors (Lipinski definition) is 4. The molecule has 1 saturated heterocycles. The highest BCUT2D eigenvalue weighted by Crippen LogP contribution is 2.75. The van der Waals surface area contributed by atoms with Crippen LogP contribution >= 0.6 is 0 Å². The van der Waals surface area contributed by atoms with E-state index in [1.807, 2.05) is 12.1 Å². The Morgan fingerprint density at radius 3 is 2.42 bits per heavy atom. The molecule has 36 heavy (non-hydrogen) atoms. The number of phenols is 1. The van der Waals surface area contributed by atoms with E-state index in [9.17, 15) is 20.4 Å². The van der Waals surface area contributed by atoms with Gasteiger partial charge in [0.1, 0.15) is 5.75 Å². The number of benzene rings is 1. The van der Waals surface area contributed by atoms with Crippen molar-refractivity contribution in [2.45, 2.75) is 108 Å². The lowest BCUT2D eigenvalue weighted by Crippen LogP contribution is -2.78. The average molecular weight is 499 g/mol. The molecule has 2 spiro atoms. The van der Waals surface area contributed by atoms with E-state index in [2.05, 4.69) is 20.8 Å². The first-order valence-corrected chi connectivity index (χ1v) is 14.1. The predicted molar refractivity (Wildman–Crippen MR) is 133 cm³/mol. The average Bonchev–Trinajstić information content (AvgIpc) is 3.11. The van der Waals surface area contributed by atoms with Gasteiger partial charge in [0, 0.05) is 29.6 Å². The van der Waals surface area contributed by atoms with Crippen LogP contribution < -0.4 is 0 Å². The van der Waals surface area contributed by atoms with Crippen LogP contribution in [0.1, 0.15) is 89.2 Å². The van der Waals surface area contributed by atoms with Gasteiger partial charge >= 0.3 is 0 Å². The van der Waals surface area contributed by atoms with Gasteiger partial charge in [-0.05, 0) is 85.5 Å². The molecule has 1 unspecified atom stereocenters. The molecule has 0 amide bonds. The van der Waals surface area contributed by atoms with Crippen molar-refractivity contribution in [1.29, 1.82) is 0 Å². The van der Waals surface area contributed by atoms with E-state index in [0.29, 0.717) is 51.7 Å². The van der Waals surface area contributed by atoms with E-state index in [4.69, 9.17) is 9.47 Å². The highest BCUT2D eigenvalue weighted by atomic mass is 16.7. The van der Waals surface area contributed by atoms with Gasteiger partial charge in [-0.15, -0.1) is 0 Å². The van der Waals surface area contributed by atoms with Crippen molar-refractivity contribution in [2.24, 2.45) is 28.1 Å². The van der Waals surface area contributed by atoms with Crippen LogP contribution in [0, 0.1) is 28.1 Å². The first-order valence-electron chi connectivity index (χ1n) is 14.1. The third kappa shape index (κ3) is 2.76. The van der Waals surface area contributed by atoms with E-state index in [1.165, 1.54) is 0 Å². The molecule has 6 heteroatoms. The molecule has 0 bridgehead atoms. The molecular formula is C30H42O6. The van der Waals surface area contributed by atoms with E-state index in [-0.39, 0.29) is 40.4 Å². The molecule has 1 aromatic carbocycles. The molecule has 6 aliphatic rings. The van der Waals surface area contributed by atoms with Gasteiger partial charge in [0.15, 0.2) is 5.79 Å². The summed E-state index contributed by atoms with van der Waals surface area (Å²) in [5.74, 6) is -0.496. The maximum absolute atomic E-state index is 13.2. The molecule has 8 atom stereocenters. The Kier molecular flexibility index (Phi) is 4.69. The Balaban J connectivity index is 1.37. The number of fused-ring (bicyclic) bond motifs is 4. The quantitative estimate of drug-likeness (QED) is 0.431. The molecule has 6 nitrogen and oxygen atoms in total. The van der Waals surface area contributed by atoms with Crippen LogP contribution in [0.4, 0.5) is 0 Å². The number of phenolic OH excluding ortho intramolecular Hbond substituents is 1. The standard InChI is InChI=1S/C30H42O6/c1-25(2)16-35-29(36-17-25)11-10-27-13-18-12-19(31)4-5-20(18)23-14-26(3)21(6-7-24(26)32)22(30(23,27)34)8-9-28(27,33)15-29/h4-5,12,21-24,31-34H,6-11,13-17H2,1-3H3/t21-,22-,23?,24-,26-,27+,28+,30-/m0/s1. The minimum atomic E-state index is -1.13. The molecule has 7 rings (SSSR count).